The molecule has 0 unspecified atom stereocenters. The van der Waals surface area contributed by atoms with E-state index in [4.69, 9.17) is 34.4 Å². The summed E-state index contributed by atoms with van der Waals surface area (Å²) in [6.07, 6.45) is -2.70. The summed E-state index contributed by atoms with van der Waals surface area (Å²) in [4.78, 5) is 201. The molecule has 0 spiro atoms. The number of carbonyl (C=O) groups excluding carboxylic acids is 14. The van der Waals surface area contributed by atoms with Gasteiger partial charge in [-0.25, -0.2) is 0 Å². The SMILES string of the molecule is C/C=C(\C)C(=O)NCCCC[C@H](NC(=O)[C@H](CCCN=C(N)N)NC(=O)[C@H](C)NC(=O)[C@@H](NC(=O)[C@H](CCC(N)=O)NC(=O)[C@H](CCCCN)NC(=O)[C@@H](N)[C@@H](C)O)[C@@H](C)O)C(=O)N[C@@H](CO)C(=O)N[C@H](C(=O)NCC(=O)NCC(=O)N[C@@H](CCCCN)C(=O)N[C@@H](C)C(=O)O)[C@@H](C)O. The highest BCUT2D eigenvalue weighted by atomic mass is 16.4. The van der Waals surface area contributed by atoms with Crippen LogP contribution in [0.2, 0.25) is 0 Å². The van der Waals surface area contributed by atoms with Crippen LogP contribution in [-0.2, 0) is 71.9 Å². The summed E-state index contributed by atoms with van der Waals surface area (Å²) < 4.78 is 0. The number of carboxylic acid groups (broad SMARTS) is 1. The first-order valence-corrected chi connectivity index (χ1v) is 32.3. The number of allylic oxidation sites excluding steroid dienone is 1. The highest BCUT2D eigenvalue weighted by Crippen LogP contribution is 2.10. The van der Waals surface area contributed by atoms with Crippen molar-refractivity contribution in [1.29, 1.82) is 0 Å². The molecule has 40 nitrogen and oxygen atoms in total. The van der Waals surface area contributed by atoms with Gasteiger partial charge in [-0.05, 0) is 139 Å². The van der Waals surface area contributed by atoms with E-state index in [0.717, 1.165) is 20.8 Å². The third-order valence-electron chi connectivity index (χ3n) is 14.8. The van der Waals surface area contributed by atoms with E-state index >= 15 is 0 Å². The van der Waals surface area contributed by atoms with E-state index < -0.39 is 206 Å². The Labute approximate surface area is 573 Å². The molecule has 0 heterocycles. The van der Waals surface area contributed by atoms with E-state index in [2.05, 4.69) is 74.1 Å². The van der Waals surface area contributed by atoms with Crippen LogP contribution in [0.4, 0.5) is 0 Å². The average Bonchev–Trinajstić information content (AvgIpc) is 0.905. The molecular formula is C59H106N20O20. The van der Waals surface area contributed by atoms with Crippen LogP contribution in [0.3, 0.4) is 0 Å². The quantitative estimate of drug-likeness (QED) is 0.0116. The lowest BCUT2D eigenvalue weighted by atomic mass is 10.0. The normalized spacial score (nSPS) is 15.4. The molecule has 0 saturated heterocycles. The number of carbonyl (C=O) groups is 15. The van der Waals surface area contributed by atoms with Gasteiger partial charge in [-0.1, -0.05) is 6.08 Å². The minimum absolute atomic E-state index is 0.0121. The summed E-state index contributed by atoms with van der Waals surface area (Å²) >= 11 is 0. The summed E-state index contributed by atoms with van der Waals surface area (Å²) in [5.41, 5.74) is 33.6. The zero-order chi connectivity index (χ0) is 75.6. The van der Waals surface area contributed by atoms with Gasteiger partial charge in [0.15, 0.2) is 5.96 Å². The molecule has 0 fully saturated rings. The minimum atomic E-state index is -1.91. The van der Waals surface area contributed by atoms with Gasteiger partial charge in [0.25, 0.3) is 0 Å². The van der Waals surface area contributed by atoms with E-state index in [-0.39, 0.29) is 77.1 Å². The zero-order valence-electron chi connectivity index (χ0n) is 57.1. The van der Waals surface area contributed by atoms with E-state index in [1.165, 1.54) is 13.8 Å². The Kier molecular flexibility index (Phi) is 44.0. The molecule has 0 aliphatic carbocycles. The van der Waals surface area contributed by atoms with E-state index in [9.17, 15) is 97.5 Å². The number of guanidine groups is 1. The first kappa shape index (κ1) is 89.8. The van der Waals surface area contributed by atoms with Gasteiger partial charge < -0.3 is 129 Å². The van der Waals surface area contributed by atoms with Crippen LogP contribution in [0.25, 0.3) is 0 Å². The number of carboxylic acids is 1. The Morgan fingerprint density at radius 2 is 0.859 bits per heavy atom. The van der Waals surface area contributed by atoms with E-state index in [1.54, 1.807) is 19.9 Å². The molecule has 0 aromatic carbocycles. The number of aliphatic carboxylic acids is 1. The summed E-state index contributed by atoms with van der Waals surface area (Å²) in [5, 5.41) is 81.3. The van der Waals surface area contributed by atoms with Crippen molar-refractivity contribution in [2.45, 2.75) is 217 Å². The third kappa shape index (κ3) is 36.8. The third-order valence-corrected chi connectivity index (χ3v) is 14.8. The second-order valence-electron chi connectivity index (χ2n) is 23.4. The van der Waals surface area contributed by atoms with Crippen LogP contribution in [0.5, 0.6) is 0 Å². The fraction of sp³-hybridized carbons (Fsp3) is 0.695. The number of hydrogen-bond acceptors (Lipinski definition) is 23. The minimum Gasteiger partial charge on any atom is -0.480 e. The molecule has 0 aromatic heterocycles. The number of amides is 14. The molecule has 0 saturated carbocycles. The van der Waals surface area contributed by atoms with Crippen molar-refractivity contribution in [1.82, 2.24) is 69.1 Å². The van der Waals surface area contributed by atoms with E-state index in [0.29, 0.717) is 31.3 Å². The largest absolute Gasteiger partial charge is 0.480 e. The molecule has 562 valence electrons. The Morgan fingerprint density at radius 1 is 0.444 bits per heavy atom. The van der Waals surface area contributed by atoms with Gasteiger partial charge in [0.1, 0.15) is 66.5 Å². The summed E-state index contributed by atoms with van der Waals surface area (Å²) in [6, 6.07) is -17.4. The molecule has 0 radical (unpaired) electrons. The van der Waals surface area contributed by atoms with Crippen LogP contribution in [-0.4, -0.2) is 251 Å². The average molecular weight is 1420 g/mol. The molecule has 0 aliphatic rings. The highest BCUT2D eigenvalue weighted by molar-refractivity contribution is 5.99. The van der Waals surface area contributed by atoms with Crippen molar-refractivity contribution in [3.05, 3.63) is 11.6 Å². The van der Waals surface area contributed by atoms with E-state index in [1.807, 2.05) is 0 Å². The number of nitrogens with two attached hydrogens (primary N) is 6. The maximum atomic E-state index is 14.3. The number of primary amides is 1. The highest BCUT2D eigenvalue weighted by Gasteiger charge is 2.37. The van der Waals surface area contributed by atoms with Crippen LogP contribution in [0, 0.1) is 0 Å². The number of nitrogens with zero attached hydrogens (tertiary/aromatic N) is 1. The molecular weight excluding hydrogens is 1310 g/mol. The van der Waals surface area contributed by atoms with Crippen molar-refractivity contribution in [2.75, 3.05) is 45.9 Å². The van der Waals surface area contributed by atoms with Gasteiger partial charge in [0, 0.05) is 25.1 Å². The van der Waals surface area contributed by atoms with Gasteiger partial charge in [-0.3, -0.25) is 76.9 Å². The molecule has 40 heteroatoms. The lowest BCUT2D eigenvalue weighted by Gasteiger charge is -2.28. The van der Waals surface area contributed by atoms with Crippen LogP contribution in [0.15, 0.2) is 16.6 Å². The number of hydrogen-bond donors (Lipinski definition) is 24. The predicted molar refractivity (Wildman–Crippen MR) is 355 cm³/mol. The summed E-state index contributed by atoms with van der Waals surface area (Å²) in [5.74, 6) is -15.4. The maximum Gasteiger partial charge on any atom is 0.325 e. The standard InChI is InChI=1S/C59H106N20O20/c1-8-29(2)47(87)66-24-14-11-18-36(52(92)77-40(28-80)54(94)78-45(33(6)82)56(96)69-26-42(85)68-27-43(86)72-35(16-9-12-22-60)49(89)71-31(4)58(98)99)74-51(91)38(19-15-25-67-59(64)65)73-48(88)30(3)70-57(97)46(34(7)83)79-53(93)39(20-21-41(62)84)75-50(90)37(17-10-13-23-61)76-55(95)44(63)32(5)81/h8,30-40,44-46,80-83H,9-28,60-61,63H2,1-7H3,(H2,62,84)(H,66,87)(H,68,85)(H,69,96)(H,70,97)(H,71,89)(H,72,86)(H,73,88)(H,74,91)(H,75,90)(H,76,95)(H,77,92)(H,78,94)(H,79,93)(H,98,99)(H4,64,65,67)/b29-8+/t30-,31-,32+,33+,34+,35-,36-,37-,38-,39-,40-,44-,45-,46-/m0/s1. The van der Waals surface area contributed by atoms with Crippen LogP contribution < -0.4 is 104 Å². The molecule has 0 rings (SSSR count). The van der Waals surface area contributed by atoms with Crippen LogP contribution in [0.1, 0.15) is 132 Å². The zero-order valence-corrected chi connectivity index (χ0v) is 57.1. The monoisotopic (exact) mass is 1410 g/mol. The van der Waals surface area contributed by atoms with Crippen molar-refractivity contribution in [3.63, 3.8) is 0 Å². The summed E-state index contributed by atoms with van der Waals surface area (Å²) in [6.45, 7) is 6.77. The van der Waals surface area contributed by atoms with Crippen molar-refractivity contribution in [3.8, 4) is 0 Å². The van der Waals surface area contributed by atoms with Crippen molar-refractivity contribution < 1.29 is 97.5 Å². The summed E-state index contributed by atoms with van der Waals surface area (Å²) in [7, 11) is 0. The number of rotatable bonds is 50. The number of aliphatic imine (C=N–C) groups is 1. The Morgan fingerprint density at radius 3 is 1.32 bits per heavy atom. The van der Waals surface area contributed by atoms with Gasteiger partial charge in [-0.15, -0.1) is 0 Å². The van der Waals surface area contributed by atoms with Gasteiger partial charge in [0.2, 0.25) is 82.7 Å². The van der Waals surface area contributed by atoms with Gasteiger partial charge in [-0.2, -0.15) is 0 Å². The van der Waals surface area contributed by atoms with Gasteiger partial charge >= 0.3 is 5.97 Å². The Bertz CT molecular complexity index is 2770. The molecule has 14 amide bonds. The smallest absolute Gasteiger partial charge is 0.325 e. The second-order valence-corrected chi connectivity index (χ2v) is 23.4. The molecule has 0 bridgehead atoms. The second kappa shape index (κ2) is 48.5. The van der Waals surface area contributed by atoms with Gasteiger partial charge in [0.05, 0.1) is 38.0 Å². The predicted octanol–water partition coefficient (Wildman–Crippen LogP) is -10.5. The lowest BCUT2D eigenvalue weighted by molar-refractivity contribution is -0.141. The number of unbranched alkanes of at least 4 members (excludes halogenated alkanes) is 3. The Balaban J connectivity index is 6.73. The lowest BCUT2D eigenvalue weighted by Crippen LogP contribution is -2.62. The fourth-order valence-corrected chi connectivity index (χ4v) is 8.69. The van der Waals surface area contributed by atoms with Crippen molar-refractivity contribution in [2.24, 2.45) is 39.4 Å². The first-order valence-electron chi connectivity index (χ1n) is 32.3. The van der Waals surface area contributed by atoms with Crippen LogP contribution >= 0.6 is 0 Å². The molecule has 0 aromatic rings. The fourth-order valence-electron chi connectivity index (χ4n) is 8.69. The molecule has 0 aliphatic heterocycles. The maximum absolute atomic E-state index is 14.3. The molecule has 30 N–H and O–H groups in total. The molecule has 14 atom stereocenters. The Hall–Kier alpha value is -9.22. The first-order chi connectivity index (χ1) is 46.5. The number of nitrogens with one attached hydrogen (secondary N) is 13. The molecule has 99 heavy (non-hydrogen) atoms. The topological polar surface area (TPSA) is 682 Å². The van der Waals surface area contributed by atoms with Crippen molar-refractivity contribution >= 4 is 94.6 Å². The number of aliphatic hydroxyl groups excluding tert-OH is 4. The number of aliphatic hydroxyl groups is 4.